The Hall–Kier alpha value is -2.60. The van der Waals surface area contributed by atoms with E-state index in [1.165, 1.54) is 22.2 Å². The van der Waals surface area contributed by atoms with Crippen molar-refractivity contribution >= 4 is 35.0 Å². The second-order valence-electron chi connectivity index (χ2n) is 6.44. The number of amides is 2. The highest BCUT2D eigenvalue weighted by Crippen LogP contribution is 2.45. The topological polar surface area (TPSA) is 76.3 Å². The molecule has 2 aliphatic heterocycles. The smallest absolute Gasteiger partial charge is 0.264 e. The molecular weight excluding hydrogens is 334 g/mol. The summed E-state index contributed by atoms with van der Waals surface area (Å²) in [7, 11) is 0. The molecule has 124 valence electrons. The number of rotatable bonds is 1. The van der Waals surface area contributed by atoms with Gasteiger partial charge in [0.25, 0.3) is 11.8 Å². The maximum atomic E-state index is 12.9. The zero-order valence-electron chi connectivity index (χ0n) is 13.4. The van der Waals surface area contributed by atoms with Gasteiger partial charge in [0, 0.05) is 11.3 Å². The largest absolute Gasteiger partial charge is 0.398 e. The Morgan fingerprint density at radius 3 is 2.76 bits per heavy atom. The minimum absolute atomic E-state index is 0.243. The maximum Gasteiger partial charge on any atom is 0.264 e. The van der Waals surface area contributed by atoms with E-state index in [-0.39, 0.29) is 11.8 Å². The lowest BCUT2D eigenvalue weighted by Gasteiger charge is -2.20. The number of hydrogen-bond donors (Lipinski definition) is 1. The molecule has 2 N–H and O–H groups in total. The number of anilines is 1. The van der Waals surface area contributed by atoms with Crippen LogP contribution in [0.15, 0.2) is 47.0 Å². The SMILES string of the molecule is NC1=C2C(=O)N(c3ccccc3)C(=O)[C@H]2Sc2nc3c(cc21)CCC3. The minimum Gasteiger partial charge on any atom is -0.398 e. The molecule has 0 bridgehead atoms. The summed E-state index contributed by atoms with van der Waals surface area (Å²) < 4.78 is 0. The zero-order chi connectivity index (χ0) is 17.1. The highest BCUT2D eigenvalue weighted by molar-refractivity contribution is 8.01. The van der Waals surface area contributed by atoms with Crippen molar-refractivity contribution in [3.8, 4) is 0 Å². The van der Waals surface area contributed by atoms with Crippen LogP contribution in [-0.2, 0) is 22.4 Å². The average molecular weight is 349 g/mol. The normalized spacial score (nSPS) is 21.4. The van der Waals surface area contributed by atoms with Gasteiger partial charge in [0.15, 0.2) is 0 Å². The summed E-state index contributed by atoms with van der Waals surface area (Å²) in [5.74, 6) is -0.565. The monoisotopic (exact) mass is 349 g/mol. The molecule has 1 atom stereocenters. The first-order valence-electron chi connectivity index (χ1n) is 8.28. The molecule has 1 aromatic heterocycles. The molecule has 5 nitrogen and oxygen atoms in total. The van der Waals surface area contributed by atoms with Gasteiger partial charge in [-0.2, -0.15) is 0 Å². The molecule has 1 aromatic carbocycles. The molecule has 3 heterocycles. The summed E-state index contributed by atoms with van der Waals surface area (Å²) in [6.45, 7) is 0. The van der Waals surface area contributed by atoms with Gasteiger partial charge in [-0.25, -0.2) is 9.88 Å². The van der Waals surface area contributed by atoms with Gasteiger partial charge < -0.3 is 5.73 Å². The predicted molar refractivity (Wildman–Crippen MR) is 95.9 cm³/mol. The Morgan fingerprint density at radius 2 is 1.96 bits per heavy atom. The van der Waals surface area contributed by atoms with E-state index in [9.17, 15) is 9.59 Å². The third-order valence-electron chi connectivity index (χ3n) is 4.98. The molecule has 1 aliphatic carbocycles. The second-order valence-corrected chi connectivity index (χ2v) is 7.53. The fourth-order valence-electron chi connectivity index (χ4n) is 3.75. The van der Waals surface area contributed by atoms with Crippen molar-refractivity contribution in [1.82, 2.24) is 4.98 Å². The van der Waals surface area contributed by atoms with Crippen molar-refractivity contribution in [3.63, 3.8) is 0 Å². The second kappa shape index (κ2) is 5.20. The fourth-order valence-corrected chi connectivity index (χ4v) is 4.99. The molecular formula is C19H15N3O2S. The Morgan fingerprint density at radius 1 is 1.16 bits per heavy atom. The number of fused-ring (bicyclic) bond motifs is 3. The van der Waals surface area contributed by atoms with Gasteiger partial charge >= 0.3 is 0 Å². The van der Waals surface area contributed by atoms with E-state index in [0.29, 0.717) is 17.0 Å². The molecule has 0 unspecified atom stereocenters. The number of para-hydroxylation sites is 1. The lowest BCUT2D eigenvalue weighted by molar-refractivity contribution is -0.120. The van der Waals surface area contributed by atoms with Gasteiger partial charge in [0.2, 0.25) is 0 Å². The molecule has 3 aliphatic rings. The van der Waals surface area contributed by atoms with E-state index in [1.807, 2.05) is 18.2 Å². The number of nitrogens with zero attached hydrogens (tertiary/aromatic N) is 2. The summed E-state index contributed by atoms with van der Waals surface area (Å²) in [6.07, 6.45) is 3.05. The van der Waals surface area contributed by atoms with E-state index in [1.54, 1.807) is 12.1 Å². The first-order chi connectivity index (χ1) is 12.1. The lowest BCUT2D eigenvalue weighted by Crippen LogP contribution is -2.31. The van der Waals surface area contributed by atoms with E-state index < -0.39 is 5.25 Å². The van der Waals surface area contributed by atoms with Gasteiger partial charge in [-0.1, -0.05) is 30.0 Å². The van der Waals surface area contributed by atoms with Gasteiger partial charge in [0.1, 0.15) is 10.3 Å². The Bertz CT molecular complexity index is 968. The van der Waals surface area contributed by atoms with Crippen LogP contribution in [-0.4, -0.2) is 22.0 Å². The van der Waals surface area contributed by atoms with E-state index in [4.69, 9.17) is 10.7 Å². The number of nitrogens with two attached hydrogens (primary N) is 1. The van der Waals surface area contributed by atoms with Crippen LogP contribution in [0.2, 0.25) is 0 Å². The number of imide groups is 1. The lowest BCUT2D eigenvalue weighted by atomic mass is 10.0. The predicted octanol–water partition coefficient (Wildman–Crippen LogP) is 2.29. The first-order valence-corrected chi connectivity index (χ1v) is 9.16. The Kier molecular flexibility index (Phi) is 3.06. The fraction of sp³-hybridized carbons (Fsp3) is 0.211. The molecule has 1 fully saturated rings. The number of hydrogen-bond acceptors (Lipinski definition) is 5. The van der Waals surface area contributed by atoms with Gasteiger partial charge in [0.05, 0.1) is 17.0 Å². The summed E-state index contributed by atoms with van der Waals surface area (Å²) in [6, 6.07) is 11.0. The Balaban J connectivity index is 1.65. The number of aromatic nitrogens is 1. The van der Waals surface area contributed by atoms with Crippen molar-refractivity contribution < 1.29 is 9.59 Å². The average Bonchev–Trinajstić information content (AvgIpc) is 3.17. The minimum atomic E-state index is -0.604. The summed E-state index contributed by atoms with van der Waals surface area (Å²) in [5, 5.41) is 0.162. The number of thioether (sulfide) groups is 1. The molecule has 25 heavy (non-hydrogen) atoms. The number of pyridine rings is 1. The number of carbonyl (C=O) groups is 2. The van der Waals surface area contributed by atoms with Crippen LogP contribution in [0.4, 0.5) is 5.69 Å². The molecule has 2 amide bonds. The number of carbonyl (C=O) groups excluding carboxylic acids is 2. The van der Waals surface area contributed by atoms with Gasteiger partial charge in [-0.15, -0.1) is 0 Å². The quantitative estimate of drug-likeness (QED) is 0.800. The number of aryl methyl sites for hydroxylation is 2. The van der Waals surface area contributed by atoms with Gasteiger partial charge in [-0.3, -0.25) is 9.59 Å². The van der Waals surface area contributed by atoms with Crippen molar-refractivity contribution in [2.24, 2.45) is 5.73 Å². The third-order valence-corrected chi connectivity index (χ3v) is 6.19. The molecule has 5 rings (SSSR count). The molecule has 0 spiro atoms. The van der Waals surface area contributed by atoms with Crippen LogP contribution >= 0.6 is 11.8 Å². The van der Waals surface area contributed by atoms with Crippen molar-refractivity contribution in [2.45, 2.75) is 29.5 Å². The highest BCUT2D eigenvalue weighted by Gasteiger charge is 2.49. The zero-order valence-corrected chi connectivity index (χ0v) is 14.2. The van der Waals surface area contributed by atoms with Crippen LogP contribution in [0.3, 0.4) is 0 Å². The Labute approximate surface area is 148 Å². The van der Waals surface area contributed by atoms with Crippen LogP contribution in [0.1, 0.15) is 23.2 Å². The summed E-state index contributed by atoms with van der Waals surface area (Å²) in [5.41, 5.74) is 10.8. The first kappa shape index (κ1) is 14.7. The van der Waals surface area contributed by atoms with Crippen molar-refractivity contribution in [1.29, 1.82) is 0 Å². The maximum absolute atomic E-state index is 12.9. The molecule has 0 saturated carbocycles. The van der Waals surface area contributed by atoms with Crippen LogP contribution in [0, 0.1) is 0 Å². The van der Waals surface area contributed by atoms with E-state index in [2.05, 4.69) is 6.07 Å². The molecule has 1 saturated heterocycles. The van der Waals surface area contributed by atoms with E-state index >= 15 is 0 Å². The van der Waals surface area contributed by atoms with Crippen LogP contribution < -0.4 is 10.6 Å². The van der Waals surface area contributed by atoms with Crippen LogP contribution in [0.5, 0.6) is 0 Å². The molecule has 6 heteroatoms. The van der Waals surface area contributed by atoms with Crippen molar-refractivity contribution in [3.05, 3.63) is 58.8 Å². The van der Waals surface area contributed by atoms with Crippen molar-refractivity contribution in [2.75, 3.05) is 4.90 Å². The van der Waals surface area contributed by atoms with Gasteiger partial charge in [-0.05, 0) is 43.0 Å². The van der Waals surface area contributed by atoms with E-state index in [0.717, 1.165) is 35.5 Å². The standard InChI is InChI=1S/C19H15N3O2S/c20-15-12-9-10-5-4-8-13(10)21-17(12)25-16-14(15)18(23)22(19(16)24)11-6-2-1-3-7-11/h1-3,6-7,9,16H,4-5,8,20H2/t16-/m0/s1. The highest BCUT2D eigenvalue weighted by atomic mass is 32.2. The summed E-state index contributed by atoms with van der Waals surface area (Å²) >= 11 is 1.35. The summed E-state index contributed by atoms with van der Waals surface area (Å²) in [4.78, 5) is 31.8. The third kappa shape index (κ3) is 2.00. The molecule has 2 aromatic rings. The number of benzene rings is 1. The van der Waals surface area contributed by atoms with Crippen LogP contribution in [0.25, 0.3) is 5.70 Å². The molecule has 0 radical (unpaired) electrons.